The molecule has 0 saturated carbocycles. The van der Waals surface area contributed by atoms with E-state index in [1.165, 1.54) is 11.1 Å². The Morgan fingerprint density at radius 2 is 1.45 bits per heavy atom. The highest BCUT2D eigenvalue weighted by Gasteiger charge is 2.08. The molecule has 2 aromatic heterocycles. The summed E-state index contributed by atoms with van der Waals surface area (Å²) >= 11 is 0. The van der Waals surface area contributed by atoms with Crippen molar-refractivity contribution in [3.8, 4) is 22.4 Å². The number of benzene rings is 2. The monoisotopic (exact) mass is 286 g/mol. The zero-order valence-electron chi connectivity index (χ0n) is 12.1. The van der Waals surface area contributed by atoms with Crippen LogP contribution in [0.15, 0.2) is 66.9 Å². The Morgan fingerprint density at radius 1 is 0.773 bits per heavy atom. The molecule has 22 heavy (non-hydrogen) atoms. The lowest BCUT2D eigenvalue weighted by atomic mass is 10.0. The van der Waals surface area contributed by atoms with E-state index in [1.54, 1.807) is 10.7 Å². The molecule has 0 bridgehead atoms. The largest absolute Gasteiger partial charge is 0.252 e. The maximum Gasteiger partial charge on any atom is 0.252 e. The smallest absolute Gasteiger partial charge is 0.220 e. The Morgan fingerprint density at radius 3 is 2.23 bits per heavy atom. The highest BCUT2D eigenvalue weighted by atomic mass is 15.3. The summed E-state index contributed by atoms with van der Waals surface area (Å²) in [6.07, 6.45) is 1.77. The SMILES string of the molecule is Cc1nc2nccc(-c3ccc(-c4ccccc4)cc3)n2n1. The van der Waals surface area contributed by atoms with E-state index in [0.717, 1.165) is 17.1 Å². The lowest BCUT2D eigenvalue weighted by Crippen LogP contribution is -1.95. The van der Waals surface area contributed by atoms with Gasteiger partial charge in [0.2, 0.25) is 0 Å². The first-order chi connectivity index (χ1) is 10.8. The van der Waals surface area contributed by atoms with E-state index in [4.69, 9.17) is 0 Å². The highest BCUT2D eigenvalue weighted by molar-refractivity contribution is 5.69. The minimum Gasteiger partial charge on any atom is -0.220 e. The molecule has 0 aliphatic carbocycles. The van der Waals surface area contributed by atoms with Crippen LogP contribution in [0.5, 0.6) is 0 Å². The summed E-state index contributed by atoms with van der Waals surface area (Å²) in [6, 6.07) is 20.8. The van der Waals surface area contributed by atoms with Gasteiger partial charge in [-0.2, -0.15) is 9.50 Å². The van der Waals surface area contributed by atoms with Gasteiger partial charge in [0, 0.05) is 11.8 Å². The fourth-order valence-electron chi connectivity index (χ4n) is 2.58. The molecule has 4 aromatic rings. The molecule has 0 unspecified atom stereocenters. The molecule has 4 rings (SSSR count). The molecule has 106 valence electrons. The quantitative estimate of drug-likeness (QED) is 0.563. The van der Waals surface area contributed by atoms with Crippen molar-refractivity contribution >= 4 is 5.78 Å². The number of aryl methyl sites for hydroxylation is 1. The zero-order chi connectivity index (χ0) is 14.9. The van der Waals surface area contributed by atoms with Crippen LogP contribution in [0.3, 0.4) is 0 Å². The van der Waals surface area contributed by atoms with Gasteiger partial charge in [-0.05, 0) is 24.1 Å². The van der Waals surface area contributed by atoms with Crippen LogP contribution >= 0.6 is 0 Å². The van der Waals surface area contributed by atoms with Gasteiger partial charge in [-0.3, -0.25) is 0 Å². The third-order valence-corrected chi connectivity index (χ3v) is 3.63. The molecule has 0 spiro atoms. The normalized spacial score (nSPS) is 11.0. The summed E-state index contributed by atoms with van der Waals surface area (Å²) in [6.45, 7) is 1.87. The van der Waals surface area contributed by atoms with Crippen molar-refractivity contribution in [3.05, 3.63) is 72.7 Å². The van der Waals surface area contributed by atoms with E-state index in [-0.39, 0.29) is 0 Å². The second kappa shape index (κ2) is 5.07. The molecule has 0 aliphatic heterocycles. The standard InChI is InChI=1S/C18H14N4/c1-13-20-18-19-12-11-17(22(18)21-13)16-9-7-15(8-10-16)14-5-3-2-4-6-14/h2-12H,1H3. The number of hydrogen-bond donors (Lipinski definition) is 0. The van der Waals surface area contributed by atoms with Gasteiger partial charge in [-0.1, -0.05) is 54.6 Å². The average Bonchev–Trinajstić information content (AvgIpc) is 2.96. The van der Waals surface area contributed by atoms with Crippen molar-refractivity contribution in [2.24, 2.45) is 0 Å². The van der Waals surface area contributed by atoms with E-state index < -0.39 is 0 Å². The summed E-state index contributed by atoms with van der Waals surface area (Å²) in [4.78, 5) is 8.55. The van der Waals surface area contributed by atoms with E-state index in [0.29, 0.717) is 5.78 Å². The fraction of sp³-hybridized carbons (Fsp3) is 0.0556. The number of fused-ring (bicyclic) bond motifs is 1. The fourth-order valence-corrected chi connectivity index (χ4v) is 2.58. The van der Waals surface area contributed by atoms with Gasteiger partial charge in [0.1, 0.15) is 5.82 Å². The average molecular weight is 286 g/mol. The first-order valence-electron chi connectivity index (χ1n) is 7.15. The Balaban J connectivity index is 1.79. The van der Waals surface area contributed by atoms with Gasteiger partial charge >= 0.3 is 0 Å². The molecule has 0 atom stereocenters. The molecule has 4 heteroatoms. The van der Waals surface area contributed by atoms with Gasteiger partial charge in [-0.25, -0.2) is 4.98 Å². The Bertz CT molecular complexity index is 924. The third kappa shape index (κ3) is 2.15. The topological polar surface area (TPSA) is 43.1 Å². The van der Waals surface area contributed by atoms with Crippen molar-refractivity contribution < 1.29 is 0 Å². The summed E-state index contributed by atoms with van der Waals surface area (Å²) < 4.78 is 1.78. The van der Waals surface area contributed by atoms with Crippen LogP contribution in [0.2, 0.25) is 0 Å². The van der Waals surface area contributed by atoms with Gasteiger partial charge < -0.3 is 0 Å². The zero-order valence-corrected chi connectivity index (χ0v) is 12.1. The number of rotatable bonds is 2. The molecule has 2 aromatic carbocycles. The van der Waals surface area contributed by atoms with Crippen LogP contribution in [0.25, 0.3) is 28.2 Å². The number of hydrogen-bond acceptors (Lipinski definition) is 3. The van der Waals surface area contributed by atoms with Crippen LogP contribution < -0.4 is 0 Å². The molecule has 0 radical (unpaired) electrons. The lowest BCUT2D eigenvalue weighted by Gasteiger charge is -2.06. The predicted octanol–water partition coefficient (Wildman–Crippen LogP) is 3.77. The second-order valence-electron chi connectivity index (χ2n) is 5.14. The summed E-state index contributed by atoms with van der Waals surface area (Å²) in [5.74, 6) is 1.35. The van der Waals surface area contributed by atoms with Gasteiger partial charge in [0.05, 0.1) is 5.69 Å². The van der Waals surface area contributed by atoms with Crippen LogP contribution in [-0.2, 0) is 0 Å². The number of nitrogens with zero attached hydrogens (tertiary/aromatic N) is 4. The molecule has 0 saturated heterocycles. The first-order valence-corrected chi connectivity index (χ1v) is 7.15. The molecular formula is C18H14N4. The van der Waals surface area contributed by atoms with Crippen molar-refractivity contribution in [3.63, 3.8) is 0 Å². The number of aromatic nitrogens is 4. The highest BCUT2D eigenvalue weighted by Crippen LogP contribution is 2.24. The van der Waals surface area contributed by atoms with Gasteiger partial charge in [0.15, 0.2) is 0 Å². The van der Waals surface area contributed by atoms with E-state index >= 15 is 0 Å². The Kier molecular flexibility index (Phi) is 2.93. The first kappa shape index (κ1) is 12.7. The van der Waals surface area contributed by atoms with Crippen LogP contribution in [0.1, 0.15) is 5.82 Å². The van der Waals surface area contributed by atoms with Crippen molar-refractivity contribution in [2.45, 2.75) is 6.92 Å². The molecular weight excluding hydrogens is 272 g/mol. The van der Waals surface area contributed by atoms with E-state index in [1.807, 2.05) is 31.2 Å². The lowest BCUT2D eigenvalue weighted by molar-refractivity contribution is 0.924. The second-order valence-corrected chi connectivity index (χ2v) is 5.14. The summed E-state index contributed by atoms with van der Waals surface area (Å²) in [5, 5.41) is 4.41. The summed E-state index contributed by atoms with van der Waals surface area (Å²) in [5.41, 5.74) is 4.50. The third-order valence-electron chi connectivity index (χ3n) is 3.63. The van der Waals surface area contributed by atoms with Crippen LogP contribution in [0, 0.1) is 6.92 Å². The van der Waals surface area contributed by atoms with E-state index in [9.17, 15) is 0 Å². The summed E-state index contributed by atoms with van der Waals surface area (Å²) in [7, 11) is 0. The molecule has 0 aliphatic rings. The van der Waals surface area contributed by atoms with Crippen molar-refractivity contribution in [2.75, 3.05) is 0 Å². The minimum absolute atomic E-state index is 0.627. The Labute approximate surface area is 128 Å². The molecule has 0 amide bonds. The molecule has 4 nitrogen and oxygen atoms in total. The Hall–Kier alpha value is -3.01. The van der Waals surface area contributed by atoms with Crippen molar-refractivity contribution in [1.29, 1.82) is 0 Å². The van der Waals surface area contributed by atoms with Crippen LogP contribution in [0.4, 0.5) is 0 Å². The van der Waals surface area contributed by atoms with Gasteiger partial charge in [0.25, 0.3) is 5.78 Å². The molecule has 2 heterocycles. The van der Waals surface area contributed by atoms with Crippen molar-refractivity contribution in [1.82, 2.24) is 19.6 Å². The van der Waals surface area contributed by atoms with Gasteiger partial charge in [-0.15, -0.1) is 5.10 Å². The maximum absolute atomic E-state index is 4.41. The minimum atomic E-state index is 0.627. The van der Waals surface area contributed by atoms with Crippen LogP contribution in [-0.4, -0.2) is 19.6 Å². The molecule has 0 N–H and O–H groups in total. The maximum atomic E-state index is 4.41. The molecule has 0 fully saturated rings. The van der Waals surface area contributed by atoms with E-state index in [2.05, 4.69) is 51.5 Å². The predicted molar refractivity (Wildman–Crippen MR) is 86.4 cm³/mol.